The molecular formula is C21H30O3. The number of hydrogen-bond donors (Lipinski definition) is 1. The van der Waals surface area contributed by atoms with Crippen LogP contribution in [0.2, 0.25) is 0 Å². The number of ether oxygens (including phenoxy) is 1. The highest BCUT2D eigenvalue weighted by Gasteiger charge is 2.70. The summed E-state index contributed by atoms with van der Waals surface area (Å²) in [5.41, 5.74) is 0.944. The summed E-state index contributed by atoms with van der Waals surface area (Å²) in [4.78, 5) is 12.8. The molecule has 7 atom stereocenters. The molecule has 1 N–H and O–H groups in total. The van der Waals surface area contributed by atoms with Crippen molar-refractivity contribution in [1.29, 1.82) is 0 Å². The fourth-order valence-corrected chi connectivity index (χ4v) is 7.86. The van der Waals surface area contributed by atoms with Crippen LogP contribution in [0.3, 0.4) is 0 Å². The molecule has 5 rings (SSSR count). The van der Waals surface area contributed by atoms with Gasteiger partial charge in [-0.3, -0.25) is 4.79 Å². The monoisotopic (exact) mass is 330 g/mol. The van der Waals surface area contributed by atoms with Gasteiger partial charge < -0.3 is 9.84 Å². The first-order valence-electron chi connectivity index (χ1n) is 9.92. The summed E-state index contributed by atoms with van der Waals surface area (Å²) in [6.07, 6.45) is 7.91. The predicted molar refractivity (Wildman–Crippen MR) is 91.1 cm³/mol. The molecule has 0 spiro atoms. The van der Waals surface area contributed by atoms with E-state index < -0.39 is 5.60 Å². The molecule has 1 aliphatic heterocycles. The van der Waals surface area contributed by atoms with E-state index in [-0.39, 0.29) is 22.7 Å². The van der Waals surface area contributed by atoms with Crippen molar-refractivity contribution >= 4 is 5.78 Å². The molecule has 1 heterocycles. The first-order valence-corrected chi connectivity index (χ1v) is 9.92. The Labute approximate surface area is 144 Å². The Bertz CT molecular complexity index is 651. The summed E-state index contributed by atoms with van der Waals surface area (Å²) in [6, 6.07) is 0. The highest BCUT2D eigenvalue weighted by molar-refractivity contribution is 5.87. The Morgan fingerprint density at radius 2 is 1.83 bits per heavy atom. The van der Waals surface area contributed by atoms with Crippen molar-refractivity contribution in [1.82, 2.24) is 0 Å². The lowest BCUT2D eigenvalue weighted by Crippen LogP contribution is -2.54. The van der Waals surface area contributed by atoms with E-state index in [9.17, 15) is 9.90 Å². The van der Waals surface area contributed by atoms with Gasteiger partial charge in [-0.1, -0.05) is 13.8 Å². The lowest BCUT2D eigenvalue weighted by molar-refractivity contribution is -0.154. The maximum atomic E-state index is 12.8. The van der Waals surface area contributed by atoms with Gasteiger partial charge in [0.1, 0.15) is 0 Å². The van der Waals surface area contributed by atoms with Gasteiger partial charge in [0.2, 0.25) is 0 Å². The SMILES string of the molecule is CC(=O)[C@@]12CCC3C4CC(=C5CC(O)CC[C@]5(C)[C@H]4CC[C@@]31C)O2. The molecule has 0 aromatic heterocycles. The maximum absolute atomic E-state index is 12.8. The van der Waals surface area contributed by atoms with Crippen LogP contribution in [0, 0.1) is 28.6 Å². The number of fused-ring (bicyclic) bond motifs is 3. The van der Waals surface area contributed by atoms with E-state index in [4.69, 9.17) is 4.74 Å². The van der Waals surface area contributed by atoms with Gasteiger partial charge in [0, 0.05) is 11.8 Å². The summed E-state index contributed by atoms with van der Waals surface area (Å²) < 4.78 is 6.76. The van der Waals surface area contributed by atoms with Gasteiger partial charge in [0.15, 0.2) is 11.4 Å². The number of hydrogen-bond acceptors (Lipinski definition) is 3. The van der Waals surface area contributed by atoms with E-state index in [0.717, 1.165) is 50.7 Å². The Morgan fingerprint density at radius 1 is 1.08 bits per heavy atom. The van der Waals surface area contributed by atoms with Gasteiger partial charge in [-0.2, -0.15) is 0 Å². The highest BCUT2D eigenvalue weighted by atomic mass is 16.5. The minimum Gasteiger partial charge on any atom is -0.483 e. The quantitative estimate of drug-likeness (QED) is 0.790. The van der Waals surface area contributed by atoms with E-state index >= 15 is 0 Å². The molecule has 3 nitrogen and oxygen atoms in total. The molecule has 1 saturated heterocycles. The minimum absolute atomic E-state index is 0.00474. The lowest BCUT2D eigenvalue weighted by Gasteiger charge is -2.56. The van der Waals surface area contributed by atoms with Crippen LogP contribution in [0.1, 0.15) is 72.1 Å². The predicted octanol–water partition coefficient (Wildman–Crippen LogP) is 4.00. The number of aliphatic hydroxyl groups is 1. The molecule has 24 heavy (non-hydrogen) atoms. The van der Waals surface area contributed by atoms with Crippen LogP contribution in [0.25, 0.3) is 0 Å². The van der Waals surface area contributed by atoms with Crippen LogP contribution in [-0.4, -0.2) is 22.6 Å². The number of carbonyl (C=O) groups excluding carboxylic acids is 1. The molecule has 0 aromatic rings. The van der Waals surface area contributed by atoms with Crippen LogP contribution < -0.4 is 0 Å². The summed E-state index contributed by atoms with van der Waals surface area (Å²) in [5, 5.41) is 10.3. The third kappa shape index (κ3) is 1.52. The van der Waals surface area contributed by atoms with Gasteiger partial charge in [0.05, 0.1) is 11.9 Å². The molecule has 0 radical (unpaired) electrons. The van der Waals surface area contributed by atoms with Crippen molar-refractivity contribution in [2.75, 3.05) is 0 Å². The largest absolute Gasteiger partial charge is 0.483 e. The van der Waals surface area contributed by atoms with Gasteiger partial charge in [-0.25, -0.2) is 0 Å². The molecule has 3 heteroatoms. The van der Waals surface area contributed by atoms with Gasteiger partial charge in [-0.15, -0.1) is 0 Å². The summed E-state index contributed by atoms with van der Waals surface area (Å²) in [7, 11) is 0. The van der Waals surface area contributed by atoms with Crippen molar-refractivity contribution in [2.45, 2.75) is 83.8 Å². The molecule has 3 unspecified atom stereocenters. The Balaban J connectivity index is 1.75. The molecule has 132 valence electrons. The molecule has 4 aliphatic carbocycles. The lowest BCUT2D eigenvalue weighted by atomic mass is 9.47. The Morgan fingerprint density at radius 3 is 2.58 bits per heavy atom. The smallest absolute Gasteiger partial charge is 0.173 e. The third-order valence-electron chi connectivity index (χ3n) is 9.12. The van der Waals surface area contributed by atoms with Gasteiger partial charge in [0.25, 0.3) is 0 Å². The van der Waals surface area contributed by atoms with E-state index in [1.807, 2.05) is 0 Å². The second-order valence-electron chi connectivity index (χ2n) is 9.78. The van der Waals surface area contributed by atoms with Gasteiger partial charge >= 0.3 is 0 Å². The number of allylic oxidation sites excluding steroid dienone is 1. The third-order valence-corrected chi connectivity index (χ3v) is 9.12. The van der Waals surface area contributed by atoms with E-state index in [1.54, 1.807) is 6.92 Å². The molecule has 3 saturated carbocycles. The number of rotatable bonds is 1. The molecule has 5 bridgehead atoms. The summed E-state index contributed by atoms with van der Waals surface area (Å²) in [6.45, 7) is 6.51. The zero-order chi connectivity index (χ0) is 16.9. The molecular weight excluding hydrogens is 300 g/mol. The molecule has 0 amide bonds. The van der Waals surface area contributed by atoms with Crippen molar-refractivity contribution in [3.8, 4) is 0 Å². The molecule has 5 aliphatic rings. The van der Waals surface area contributed by atoms with Crippen molar-refractivity contribution < 1.29 is 14.6 Å². The zero-order valence-corrected chi connectivity index (χ0v) is 15.2. The van der Waals surface area contributed by atoms with Crippen molar-refractivity contribution in [2.24, 2.45) is 28.6 Å². The maximum Gasteiger partial charge on any atom is 0.173 e. The number of carbonyl (C=O) groups is 1. The highest BCUT2D eigenvalue weighted by Crippen LogP contribution is 2.71. The Kier molecular flexibility index (Phi) is 2.87. The van der Waals surface area contributed by atoms with Crippen LogP contribution in [0.4, 0.5) is 0 Å². The van der Waals surface area contributed by atoms with Crippen LogP contribution in [0.5, 0.6) is 0 Å². The zero-order valence-electron chi connectivity index (χ0n) is 15.2. The second kappa shape index (κ2) is 4.47. The summed E-state index contributed by atoms with van der Waals surface area (Å²) in [5.74, 6) is 3.34. The first-order chi connectivity index (χ1) is 11.3. The second-order valence-corrected chi connectivity index (χ2v) is 9.78. The Hall–Kier alpha value is -0.830. The number of ketones is 1. The first kappa shape index (κ1) is 15.4. The van der Waals surface area contributed by atoms with Crippen LogP contribution >= 0.6 is 0 Å². The molecule has 0 aromatic carbocycles. The van der Waals surface area contributed by atoms with E-state index in [0.29, 0.717) is 17.8 Å². The van der Waals surface area contributed by atoms with Crippen LogP contribution in [-0.2, 0) is 9.53 Å². The van der Waals surface area contributed by atoms with Crippen molar-refractivity contribution in [3.05, 3.63) is 11.3 Å². The van der Waals surface area contributed by atoms with Crippen molar-refractivity contribution in [3.63, 3.8) is 0 Å². The van der Waals surface area contributed by atoms with E-state index in [2.05, 4.69) is 13.8 Å². The topological polar surface area (TPSA) is 46.5 Å². The number of aliphatic hydroxyl groups excluding tert-OH is 1. The van der Waals surface area contributed by atoms with E-state index in [1.165, 1.54) is 12.0 Å². The fraction of sp³-hybridized carbons (Fsp3) is 0.857. The minimum atomic E-state index is -0.604. The summed E-state index contributed by atoms with van der Waals surface area (Å²) >= 11 is 0. The molecule has 4 fully saturated rings. The van der Waals surface area contributed by atoms with Crippen LogP contribution in [0.15, 0.2) is 11.3 Å². The number of Topliss-reactive ketones (excluding diaryl/α,β-unsaturated/α-hetero) is 1. The normalized spacial score (nSPS) is 55.0. The van der Waals surface area contributed by atoms with Gasteiger partial charge in [-0.05, 0) is 80.6 Å². The average Bonchev–Trinajstić information content (AvgIpc) is 2.80. The average molecular weight is 330 g/mol. The standard InChI is InChI=1S/C21H30O3/c1-12(22)21-9-6-16-14-11-18(24-21)17-10-13(23)4-7-19(17,2)15(14)5-8-20(16,21)3/h13-16,23H,4-11H2,1-3H3/t13?,14?,15-,16?,19+,20-,21-/m0/s1. The fourth-order valence-electron chi connectivity index (χ4n) is 7.86.